The lowest BCUT2D eigenvalue weighted by Gasteiger charge is -2.25. The Balaban J connectivity index is 1.67. The standard InChI is InChI=1S/C15H19N3O3S2/c1-10(14(19)18(2)11-7-8-23(20,21)9-11)22-15-16-12-5-3-4-6-13(12)17-15/h3-6,10-11H,7-9H2,1-2H3,(H,16,17). The highest BCUT2D eigenvalue weighted by Crippen LogP contribution is 2.26. The number of nitrogens with one attached hydrogen (secondary N) is 1. The Morgan fingerprint density at radius 1 is 1.43 bits per heavy atom. The van der Waals surface area contributed by atoms with Gasteiger partial charge >= 0.3 is 0 Å². The Bertz CT molecular complexity index is 798. The van der Waals surface area contributed by atoms with Crippen molar-refractivity contribution in [3.63, 3.8) is 0 Å². The highest BCUT2D eigenvalue weighted by Gasteiger charge is 2.34. The first-order valence-corrected chi connectivity index (χ1v) is 10.1. The summed E-state index contributed by atoms with van der Waals surface area (Å²) in [6.07, 6.45) is 0.520. The zero-order valence-electron chi connectivity index (χ0n) is 13.0. The van der Waals surface area contributed by atoms with E-state index >= 15 is 0 Å². The van der Waals surface area contributed by atoms with E-state index in [1.54, 1.807) is 11.9 Å². The molecule has 1 aliphatic heterocycles. The first-order chi connectivity index (χ1) is 10.9. The number of carbonyl (C=O) groups is 1. The fourth-order valence-electron chi connectivity index (χ4n) is 2.75. The number of aromatic amines is 1. The van der Waals surface area contributed by atoms with Crippen LogP contribution < -0.4 is 0 Å². The van der Waals surface area contributed by atoms with Gasteiger partial charge in [0.25, 0.3) is 0 Å². The van der Waals surface area contributed by atoms with Crippen LogP contribution in [-0.4, -0.2) is 59.0 Å². The monoisotopic (exact) mass is 353 g/mol. The molecule has 0 aliphatic carbocycles. The summed E-state index contributed by atoms with van der Waals surface area (Å²) in [5.74, 6) is 0.162. The Kier molecular flexibility index (Phi) is 4.37. The zero-order chi connectivity index (χ0) is 16.6. The average molecular weight is 353 g/mol. The summed E-state index contributed by atoms with van der Waals surface area (Å²) in [4.78, 5) is 21.7. The summed E-state index contributed by atoms with van der Waals surface area (Å²) in [7, 11) is -1.31. The second-order valence-corrected chi connectivity index (χ2v) is 9.38. The molecule has 1 aliphatic rings. The maximum atomic E-state index is 12.5. The van der Waals surface area contributed by atoms with Crippen LogP contribution in [0.2, 0.25) is 0 Å². The van der Waals surface area contributed by atoms with Crippen molar-refractivity contribution < 1.29 is 13.2 Å². The summed E-state index contributed by atoms with van der Waals surface area (Å²) in [6, 6.07) is 7.48. The van der Waals surface area contributed by atoms with E-state index in [0.717, 1.165) is 11.0 Å². The molecule has 1 amide bonds. The number of imidazole rings is 1. The number of benzene rings is 1. The molecule has 0 spiro atoms. The normalized spacial score (nSPS) is 21.4. The summed E-state index contributed by atoms with van der Waals surface area (Å²) in [6.45, 7) is 1.82. The third-order valence-electron chi connectivity index (χ3n) is 4.11. The summed E-state index contributed by atoms with van der Waals surface area (Å²) >= 11 is 1.36. The molecule has 6 nitrogen and oxygen atoms in total. The molecule has 2 atom stereocenters. The minimum Gasteiger partial charge on any atom is -0.341 e. The van der Waals surface area contributed by atoms with Crippen molar-refractivity contribution in [3.8, 4) is 0 Å². The molecule has 1 aromatic carbocycles. The Labute approximate surface area is 139 Å². The number of H-pyrrole nitrogens is 1. The highest BCUT2D eigenvalue weighted by atomic mass is 32.2. The molecule has 2 heterocycles. The van der Waals surface area contributed by atoms with E-state index < -0.39 is 9.84 Å². The number of sulfone groups is 1. The van der Waals surface area contributed by atoms with Gasteiger partial charge in [0.1, 0.15) is 0 Å². The minimum absolute atomic E-state index is 0.0667. The second kappa shape index (κ2) is 6.16. The minimum atomic E-state index is -3.00. The predicted octanol–water partition coefficient (Wildman–Crippen LogP) is 1.69. The summed E-state index contributed by atoms with van der Waals surface area (Å²) < 4.78 is 23.1. The number of hydrogen-bond acceptors (Lipinski definition) is 5. The molecule has 3 rings (SSSR count). The number of hydrogen-bond donors (Lipinski definition) is 1. The molecule has 1 N–H and O–H groups in total. The van der Waals surface area contributed by atoms with Gasteiger partial charge in [0.15, 0.2) is 15.0 Å². The number of thioether (sulfide) groups is 1. The van der Waals surface area contributed by atoms with E-state index in [0.29, 0.717) is 11.6 Å². The van der Waals surface area contributed by atoms with E-state index in [2.05, 4.69) is 9.97 Å². The molecular formula is C15H19N3O3S2. The fraction of sp³-hybridized carbons (Fsp3) is 0.467. The lowest BCUT2D eigenvalue weighted by Crippen LogP contribution is -2.41. The van der Waals surface area contributed by atoms with Gasteiger partial charge in [0.05, 0.1) is 27.8 Å². The number of rotatable bonds is 4. The van der Waals surface area contributed by atoms with Crippen molar-refractivity contribution in [3.05, 3.63) is 24.3 Å². The molecule has 2 unspecified atom stereocenters. The fourth-order valence-corrected chi connectivity index (χ4v) is 5.45. The third-order valence-corrected chi connectivity index (χ3v) is 6.83. The molecule has 1 fully saturated rings. The Morgan fingerprint density at radius 3 is 2.83 bits per heavy atom. The van der Waals surface area contributed by atoms with Gasteiger partial charge < -0.3 is 9.88 Å². The number of para-hydroxylation sites is 2. The van der Waals surface area contributed by atoms with Crippen molar-refractivity contribution in [1.29, 1.82) is 0 Å². The Morgan fingerprint density at radius 2 is 2.17 bits per heavy atom. The maximum Gasteiger partial charge on any atom is 0.235 e. The van der Waals surface area contributed by atoms with E-state index in [1.165, 1.54) is 11.8 Å². The van der Waals surface area contributed by atoms with Gasteiger partial charge in [-0.1, -0.05) is 23.9 Å². The number of nitrogens with zero attached hydrogens (tertiary/aromatic N) is 2. The smallest absolute Gasteiger partial charge is 0.235 e. The van der Waals surface area contributed by atoms with E-state index in [4.69, 9.17) is 0 Å². The quantitative estimate of drug-likeness (QED) is 0.846. The van der Waals surface area contributed by atoms with Gasteiger partial charge in [-0.25, -0.2) is 13.4 Å². The average Bonchev–Trinajstić information content (AvgIpc) is 3.07. The topological polar surface area (TPSA) is 83.1 Å². The SMILES string of the molecule is CC(Sc1nc2ccccc2[nH]1)C(=O)N(C)C1CCS(=O)(=O)C1. The molecule has 2 aromatic rings. The van der Waals surface area contributed by atoms with Gasteiger partial charge in [-0.05, 0) is 25.5 Å². The largest absolute Gasteiger partial charge is 0.341 e. The van der Waals surface area contributed by atoms with Gasteiger partial charge in [0.2, 0.25) is 5.91 Å². The number of carbonyl (C=O) groups excluding carboxylic acids is 1. The second-order valence-electron chi connectivity index (χ2n) is 5.83. The van der Waals surface area contributed by atoms with E-state index in [-0.39, 0.29) is 28.7 Å². The summed E-state index contributed by atoms with van der Waals surface area (Å²) in [5.41, 5.74) is 1.80. The van der Waals surface area contributed by atoms with Crippen molar-refractivity contribution in [2.45, 2.75) is 29.8 Å². The molecule has 8 heteroatoms. The molecule has 1 aromatic heterocycles. The van der Waals surface area contributed by atoms with Crippen LogP contribution in [0.1, 0.15) is 13.3 Å². The lowest BCUT2D eigenvalue weighted by atomic mass is 10.2. The van der Waals surface area contributed by atoms with Crippen molar-refractivity contribution in [2.75, 3.05) is 18.6 Å². The number of fused-ring (bicyclic) bond motifs is 1. The molecule has 0 radical (unpaired) electrons. The molecule has 0 bridgehead atoms. The van der Waals surface area contributed by atoms with Crippen molar-refractivity contribution in [2.24, 2.45) is 0 Å². The maximum absolute atomic E-state index is 12.5. The first-order valence-electron chi connectivity index (χ1n) is 7.44. The van der Waals surface area contributed by atoms with Crippen molar-refractivity contribution in [1.82, 2.24) is 14.9 Å². The van der Waals surface area contributed by atoms with Crippen LogP contribution >= 0.6 is 11.8 Å². The molecule has 23 heavy (non-hydrogen) atoms. The first kappa shape index (κ1) is 16.3. The predicted molar refractivity (Wildman–Crippen MR) is 91.2 cm³/mol. The molecule has 1 saturated heterocycles. The molecular weight excluding hydrogens is 334 g/mol. The number of aromatic nitrogens is 2. The van der Waals surface area contributed by atoms with Crippen LogP contribution in [0, 0.1) is 0 Å². The molecule has 124 valence electrons. The Hall–Kier alpha value is -1.54. The highest BCUT2D eigenvalue weighted by molar-refractivity contribution is 8.00. The van der Waals surface area contributed by atoms with Crippen LogP contribution in [0.3, 0.4) is 0 Å². The van der Waals surface area contributed by atoms with Gasteiger partial charge in [-0.3, -0.25) is 4.79 Å². The number of amides is 1. The summed E-state index contributed by atoms with van der Waals surface area (Å²) in [5, 5.41) is 0.364. The van der Waals surface area contributed by atoms with Crippen LogP contribution in [0.5, 0.6) is 0 Å². The van der Waals surface area contributed by atoms with Crippen LogP contribution in [0.15, 0.2) is 29.4 Å². The van der Waals surface area contributed by atoms with E-state index in [9.17, 15) is 13.2 Å². The van der Waals surface area contributed by atoms with E-state index in [1.807, 2.05) is 31.2 Å². The third kappa shape index (κ3) is 3.53. The van der Waals surface area contributed by atoms with Gasteiger partial charge in [0, 0.05) is 13.1 Å². The van der Waals surface area contributed by atoms with Gasteiger partial charge in [-0.2, -0.15) is 0 Å². The van der Waals surface area contributed by atoms with Crippen LogP contribution in [0.4, 0.5) is 0 Å². The molecule has 0 saturated carbocycles. The van der Waals surface area contributed by atoms with Crippen molar-refractivity contribution >= 4 is 38.5 Å². The van der Waals surface area contributed by atoms with Gasteiger partial charge in [-0.15, -0.1) is 0 Å². The van der Waals surface area contributed by atoms with Crippen LogP contribution in [-0.2, 0) is 14.6 Å². The lowest BCUT2D eigenvalue weighted by molar-refractivity contribution is -0.130. The van der Waals surface area contributed by atoms with Crippen LogP contribution in [0.25, 0.3) is 11.0 Å². The zero-order valence-corrected chi connectivity index (χ0v) is 14.7.